The molecule has 1 aromatic carbocycles. The Morgan fingerprint density at radius 1 is 1.57 bits per heavy atom. The highest BCUT2D eigenvalue weighted by Crippen LogP contribution is 2.15. The van der Waals surface area contributed by atoms with Crippen LogP contribution in [-0.2, 0) is 6.54 Å². The third kappa shape index (κ3) is 2.99. The van der Waals surface area contributed by atoms with E-state index in [1.807, 2.05) is 6.07 Å². The fourth-order valence-electron chi connectivity index (χ4n) is 1.13. The fraction of sp³-hybridized carbons (Fsp3) is 0.300. The quantitative estimate of drug-likeness (QED) is 0.720. The van der Waals surface area contributed by atoms with Crippen molar-refractivity contribution in [3.8, 4) is 6.07 Å². The van der Waals surface area contributed by atoms with Gasteiger partial charge >= 0.3 is 0 Å². The van der Waals surface area contributed by atoms with Gasteiger partial charge in [0.1, 0.15) is 5.82 Å². The van der Waals surface area contributed by atoms with E-state index in [1.165, 1.54) is 12.1 Å². The van der Waals surface area contributed by atoms with Crippen LogP contribution in [0.1, 0.15) is 5.56 Å². The van der Waals surface area contributed by atoms with E-state index >= 15 is 0 Å². The van der Waals surface area contributed by atoms with Crippen LogP contribution in [0.2, 0.25) is 5.02 Å². The molecule has 0 spiro atoms. The molecule has 0 saturated heterocycles. The smallest absolute Gasteiger partial charge is 0.127 e. The van der Waals surface area contributed by atoms with Gasteiger partial charge in [-0.2, -0.15) is 5.26 Å². The minimum atomic E-state index is -0.292. The summed E-state index contributed by atoms with van der Waals surface area (Å²) in [6.45, 7) is 0.659. The third-order valence-electron chi connectivity index (χ3n) is 1.79. The second-order valence-electron chi connectivity index (χ2n) is 3.07. The van der Waals surface area contributed by atoms with E-state index in [0.29, 0.717) is 17.1 Å². The predicted octanol–water partition coefficient (Wildman–Crippen LogP) is 2.43. The molecule has 0 saturated carbocycles. The first kappa shape index (κ1) is 11.0. The van der Waals surface area contributed by atoms with Crippen LogP contribution >= 0.6 is 11.6 Å². The molecular formula is C10H10ClFN2. The Morgan fingerprint density at radius 3 is 2.93 bits per heavy atom. The van der Waals surface area contributed by atoms with E-state index in [1.54, 1.807) is 18.0 Å². The molecule has 74 valence electrons. The topological polar surface area (TPSA) is 27.0 Å². The highest BCUT2D eigenvalue weighted by atomic mass is 35.5. The van der Waals surface area contributed by atoms with Gasteiger partial charge in [0.15, 0.2) is 0 Å². The Bertz CT molecular complexity index is 360. The van der Waals surface area contributed by atoms with Crippen molar-refractivity contribution in [2.24, 2.45) is 0 Å². The molecule has 0 aliphatic carbocycles. The van der Waals surface area contributed by atoms with Gasteiger partial charge in [-0.25, -0.2) is 4.39 Å². The van der Waals surface area contributed by atoms with Gasteiger partial charge < -0.3 is 0 Å². The molecule has 0 aliphatic heterocycles. The van der Waals surface area contributed by atoms with Crippen molar-refractivity contribution in [2.45, 2.75) is 6.54 Å². The van der Waals surface area contributed by atoms with E-state index in [4.69, 9.17) is 16.9 Å². The minimum absolute atomic E-state index is 0.270. The molecule has 4 heteroatoms. The van der Waals surface area contributed by atoms with Crippen molar-refractivity contribution in [1.82, 2.24) is 4.90 Å². The average molecular weight is 213 g/mol. The van der Waals surface area contributed by atoms with Crippen LogP contribution in [0.4, 0.5) is 4.39 Å². The molecule has 0 fully saturated rings. The molecule has 0 aliphatic rings. The van der Waals surface area contributed by atoms with Crippen molar-refractivity contribution in [1.29, 1.82) is 5.26 Å². The highest BCUT2D eigenvalue weighted by Gasteiger charge is 2.05. The van der Waals surface area contributed by atoms with Crippen LogP contribution in [0, 0.1) is 17.1 Å². The molecular weight excluding hydrogens is 203 g/mol. The summed E-state index contributed by atoms with van der Waals surface area (Å²) in [6.07, 6.45) is 0. The number of rotatable bonds is 3. The highest BCUT2D eigenvalue weighted by molar-refractivity contribution is 6.30. The van der Waals surface area contributed by atoms with Gasteiger partial charge in [0.2, 0.25) is 0 Å². The average Bonchev–Trinajstić information content (AvgIpc) is 2.12. The van der Waals surface area contributed by atoms with Gasteiger partial charge in [0.05, 0.1) is 12.6 Å². The number of nitriles is 1. The lowest BCUT2D eigenvalue weighted by atomic mass is 10.2. The van der Waals surface area contributed by atoms with Crippen molar-refractivity contribution in [3.63, 3.8) is 0 Å². The first-order valence-corrected chi connectivity index (χ1v) is 4.50. The minimum Gasteiger partial charge on any atom is -0.289 e. The van der Waals surface area contributed by atoms with Gasteiger partial charge in [0, 0.05) is 17.1 Å². The van der Waals surface area contributed by atoms with Crippen LogP contribution in [0.25, 0.3) is 0 Å². The van der Waals surface area contributed by atoms with E-state index < -0.39 is 0 Å². The maximum atomic E-state index is 13.2. The van der Waals surface area contributed by atoms with Crippen molar-refractivity contribution < 1.29 is 4.39 Å². The van der Waals surface area contributed by atoms with Crippen molar-refractivity contribution >= 4 is 11.6 Å². The van der Waals surface area contributed by atoms with E-state index in [2.05, 4.69) is 0 Å². The molecule has 14 heavy (non-hydrogen) atoms. The SMILES string of the molecule is CN(CC#N)Cc1cc(Cl)ccc1F. The maximum Gasteiger partial charge on any atom is 0.127 e. The lowest BCUT2D eigenvalue weighted by molar-refractivity contribution is 0.360. The molecule has 0 heterocycles. The van der Waals surface area contributed by atoms with Crippen molar-refractivity contribution in [3.05, 3.63) is 34.6 Å². The number of nitrogens with zero attached hydrogens (tertiary/aromatic N) is 2. The zero-order valence-corrected chi connectivity index (χ0v) is 8.55. The largest absolute Gasteiger partial charge is 0.289 e. The zero-order valence-electron chi connectivity index (χ0n) is 7.80. The Balaban J connectivity index is 2.76. The molecule has 0 atom stereocenters. The molecule has 1 aromatic rings. The second-order valence-corrected chi connectivity index (χ2v) is 3.50. The first-order valence-electron chi connectivity index (χ1n) is 4.13. The molecule has 0 radical (unpaired) electrons. The fourth-order valence-corrected chi connectivity index (χ4v) is 1.33. The number of hydrogen-bond acceptors (Lipinski definition) is 2. The monoisotopic (exact) mass is 212 g/mol. The summed E-state index contributed by atoms with van der Waals surface area (Å²) in [5, 5.41) is 8.93. The summed E-state index contributed by atoms with van der Waals surface area (Å²) in [4.78, 5) is 1.72. The van der Waals surface area contributed by atoms with Gasteiger partial charge in [-0.1, -0.05) is 11.6 Å². The maximum absolute atomic E-state index is 13.2. The van der Waals surface area contributed by atoms with Crippen LogP contribution in [-0.4, -0.2) is 18.5 Å². The molecule has 0 bridgehead atoms. The molecule has 1 rings (SSSR count). The van der Waals surface area contributed by atoms with Crippen LogP contribution < -0.4 is 0 Å². The van der Waals surface area contributed by atoms with E-state index in [9.17, 15) is 4.39 Å². The summed E-state index contributed by atoms with van der Waals surface area (Å²) >= 11 is 5.73. The molecule has 0 aromatic heterocycles. The lowest BCUT2D eigenvalue weighted by Crippen LogP contribution is -2.18. The second kappa shape index (κ2) is 4.94. The van der Waals surface area contributed by atoms with Crippen molar-refractivity contribution in [2.75, 3.05) is 13.6 Å². The first-order chi connectivity index (χ1) is 6.63. The molecule has 0 amide bonds. The summed E-state index contributed by atoms with van der Waals surface area (Å²) in [5.41, 5.74) is 0.509. The summed E-state index contributed by atoms with van der Waals surface area (Å²) in [6, 6.07) is 6.40. The number of halogens is 2. The van der Waals surface area contributed by atoms with E-state index in [0.717, 1.165) is 0 Å². The zero-order chi connectivity index (χ0) is 10.6. The normalized spacial score (nSPS) is 10.2. The Morgan fingerprint density at radius 2 is 2.29 bits per heavy atom. The lowest BCUT2D eigenvalue weighted by Gasteiger charge is -2.12. The van der Waals surface area contributed by atoms with Crippen LogP contribution in [0.5, 0.6) is 0 Å². The summed E-state index contributed by atoms with van der Waals surface area (Å²) in [7, 11) is 1.75. The third-order valence-corrected chi connectivity index (χ3v) is 2.02. The number of benzene rings is 1. The van der Waals surface area contributed by atoms with Crippen LogP contribution in [0.15, 0.2) is 18.2 Å². The van der Waals surface area contributed by atoms with Gasteiger partial charge in [0.25, 0.3) is 0 Å². The Labute approximate surface area is 87.5 Å². The standard InChI is InChI=1S/C10H10ClFN2/c1-14(5-4-13)7-8-6-9(11)2-3-10(8)12/h2-3,6H,5,7H2,1H3. The van der Waals surface area contributed by atoms with Gasteiger partial charge in [-0.3, -0.25) is 4.90 Å². The molecule has 0 N–H and O–H groups in total. The van der Waals surface area contributed by atoms with Gasteiger partial charge in [-0.15, -0.1) is 0 Å². The van der Waals surface area contributed by atoms with Gasteiger partial charge in [-0.05, 0) is 25.2 Å². The summed E-state index contributed by atoms with van der Waals surface area (Å²) < 4.78 is 13.2. The molecule has 2 nitrogen and oxygen atoms in total. The molecule has 0 unspecified atom stereocenters. The van der Waals surface area contributed by atoms with Crippen LogP contribution in [0.3, 0.4) is 0 Å². The Kier molecular flexibility index (Phi) is 3.87. The Hall–Kier alpha value is -1.11. The van der Waals surface area contributed by atoms with E-state index in [-0.39, 0.29) is 12.4 Å². The predicted molar refractivity (Wildman–Crippen MR) is 53.4 cm³/mol. The summed E-state index contributed by atoms with van der Waals surface area (Å²) in [5.74, 6) is -0.292. The number of hydrogen-bond donors (Lipinski definition) is 0.